The maximum absolute atomic E-state index is 8.89. The van der Waals surface area contributed by atoms with Crippen LogP contribution in [0.3, 0.4) is 0 Å². The molecule has 2 rings (SSSR count). The Bertz CT molecular complexity index is 626. The summed E-state index contributed by atoms with van der Waals surface area (Å²) in [6, 6.07) is 15.7. The van der Waals surface area contributed by atoms with Gasteiger partial charge in [0.25, 0.3) is 0 Å². The summed E-state index contributed by atoms with van der Waals surface area (Å²) >= 11 is 0. The van der Waals surface area contributed by atoms with Crippen molar-refractivity contribution in [2.24, 2.45) is 0 Å². The third kappa shape index (κ3) is 2.53. The number of hydrogen-bond donors (Lipinski definition) is 1. The highest BCUT2D eigenvalue weighted by Gasteiger charge is 2.12. The summed E-state index contributed by atoms with van der Waals surface area (Å²) in [6.45, 7) is 4.99. The summed E-state index contributed by atoms with van der Waals surface area (Å²) in [5.41, 5.74) is 10.6. The van der Waals surface area contributed by atoms with E-state index in [-0.39, 0.29) is 0 Å². The van der Waals surface area contributed by atoms with Gasteiger partial charge in [-0.3, -0.25) is 0 Å². The first kappa shape index (κ1) is 13.0. The van der Waals surface area contributed by atoms with Gasteiger partial charge < -0.3 is 10.6 Å². The molecule has 0 aromatic heterocycles. The molecular weight excluding hydrogens is 234 g/mol. The van der Waals surface area contributed by atoms with Gasteiger partial charge in [-0.1, -0.05) is 18.2 Å². The lowest BCUT2D eigenvalue weighted by atomic mass is 10.1. The summed E-state index contributed by atoms with van der Waals surface area (Å²) in [7, 11) is 0. The van der Waals surface area contributed by atoms with E-state index in [1.54, 1.807) is 12.1 Å². The summed E-state index contributed by atoms with van der Waals surface area (Å²) in [5.74, 6) is 0. The lowest BCUT2D eigenvalue weighted by Crippen LogP contribution is -2.18. The first-order valence-corrected chi connectivity index (χ1v) is 6.30. The number of nitrogens with two attached hydrogens (primary N) is 1. The van der Waals surface area contributed by atoms with Gasteiger partial charge >= 0.3 is 0 Å². The number of para-hydroxylation sites is 1. The molecule has 3 nitrogen and oxygen atoms in total. The van der Waals surface area contributed by atoms with Crippen LogP contribution in [0, 0.1) is 18.3 Å². The van der Waals surface area contributed by atoms with Crippen LogP contribution in [0.5, 0.6) is 0 Å². The van der Waals surface area contributed by atoms with Crippen molar-refractivity contribution in [3.63, 3.8) is 0 Å². The number of nitriles is 1. The molecule has 0 unspecified atom stereocenters. The minimum absolute atomic E-state index is 0.585. The first-order chi connectivity index (χ1) is 9.17. The fraction of sp³-hybridized carbons (Fsp3) is 0.188. The van der Waals surface area contributed by atoms with Crippen molar-refractivity contribution in [3.05, 3.63) is 53.6 Å². The van der Waals surface area contributed by atoms with Crippen molar-refractivity contribution in [3.8, 4) is 6.07 Å². The van der Waals surface area contributed by atoms with E-state index in [4.69, 9.17) is 11.0 Å². The zero-order chi connectivity index (χ0) is 13.8. The topological polar surface area (TPSA) is 53.0 Å². The van der Waals surface area contributed by atoms with E-state index in [9.17, 15) is 0 Å². The van der Waals surface area contributed by atoms with E-state index in [0.717, 1.165) is 17.9 Å². The van der Waals surface area contributed by atoms with E-state index in [0.29, 0.717) is 11.3 Å². The van der Waals surface area contributed by atoms with E-state index in [1.165, 1.54) is 5.56 Å². The highest BCUT2D eigenvalue weighted by atomic mass is 15.1. The lowest BCUT2D eigenvalue weighted by Gasteiger charge is -2.26. The van der Waals surface area contributed by atoms with Gasteiger partial charge in [0.05, 0.1) is 23.0 Å². The molecule has 0 aliphatic rings. The molecule has 96 valence electrons. The average Bonchev–Trinajstić information content (AvgIpc) is 2.43. The van der Waals surface area contributed by atoms with Gasteiger partial charge in [-0.05, 0) is 43.7 Å². The summed E-state index contributed by atoms with van der Waals surface area (Å²) in [4.78, 5) is 2.16. The first-order valence-electron chi connectivity index (χ1n) is 6.30. The predicted molar refractivity (Wildman–Crippen MR) is 79.4 cm³/mol. The standard InChI is InChI=1S/C16H17N3/c1-3-19(15-7-5-4-6-12(15)2)16-9-8-13(11-17)10-14(16)18/h4-10H,3,18H2,1-2H3. The normalized spacial score (nSPS) is 9.95. The Balaban J connectivity index is 2.49. The van der Waals surface area contributed by atoms with E-state index in [2.05, 4.69) is 36.9 Å². The zero-order valence-electron chi connectivity index (χ0n) is 11.2. The molecule has 0 saturated carbocycles. The molecule has 2 aromatic carbocycles. The molecule has 0 aliphatic carbocycles. The SMILES string of the molecule is CCN(c1ccccc1C)c1ccc(C#N)cc1N. The number of hydrogen-bond acceptors (Lipinski definition) is 3. The van der Waals surface area contributed by atoms with Crippen LogP contribution in [0.4, 0.5) is 17.1 Å². The number of benzene rings is 2. The largest absolute Gasteiger partial charge is 0.397 e. The van der Waals surface area contributed by atoms with E-state index in [1.807, 2.05) is 18.2 Å². The Labute approximate surface area is 113 Å². The van der Waals surface area contributed by atoms with Crippen LogP contribution >= 0.6 is 0 Å². The zero-order valence-corrected chi connectivity index (χ0v) is 11.2. The highest BCUT2D eigenvalue weighted by molar-refractivity contribution is 5.77. The fourth-order valence-electron chi connectivity index (χ4n) is 2.21. The molecule has 0 heterocycles. The second-order valence-corrected chi connectivity index (χ2v) is 4.42. The van der Waals surface area contributed by atoms with Crippen molar-refractivity contribution >= 4 is 17.1 Å². The van der Waals surface area contributed by atoms with Gasteiger partial charge in [-0.25, -0.2) is 0 Å². The number of rotatable bonds is 3. The summed E-state index contributed by atoms with van der Waals surface area (Å²) in [6.07, 6.45) is 0. The van der Waals surface area contributed by atoms with Gasteiger partial charge in [0.15, 0.2) is 0 Å². The predicted octanol–water partition coefficient (Wildman–Crippen LogP) is 3.61. The van der Waals surface area contributed by atoms with Gasteiger partial charge in [-0.15, -0.1) is 0 Å². The maximum atomic E-state index is 8.89. The number of nitrogen functional groups attached to an aromatic ring is 1. The van der Waals surface area contributed by atoms with Crippen molar-refractivity contribution in [2.75, 3.05) is 17.2 Å². The molecule has 0 aliphatic heterocycles. The molecule has 0 saturated heterocycles. The van der Waals surface area contributed by atoms with Gasteiger partial charge in [0.1, 0.15) is 0 Å². The lowest BCUT2D eigenvalue weighted by molar-refractivity contribution is 1.02. The molecule has 0 atom stereocenters. The molecule has 19 heavy (non-hydrogen) atoms. The molecule has 0 bridgehead atoms. The molecule has 0 spiro atoms. The number of nitrogens with zero attached hydrogens (tertiary/aromatic N) is 2. The van der Waals surface area contributed by atoms with Crippen LogP contribution in [-0.4, -0.2) is 6.54 Å². The average molecular weight is 251 g/mol. The Hall–Kier alpha value is -2.47. The monoisotopic (exact) mass is 251 g/mol. The molecule has 2 N–H and O–H groups in total. The molecule has 2 aromatic rings. The summed E-state index contributed by atoms with van der Waals surface area (Å²) < 4.78 is 0. The quantitative estimate of drug-likeness (QED) is 0.848. The van der Waals surface area contributed by atoms with Crippen LogP contribution in [0.2, 0.25) is 0 Å². The van der Waals surface area contributed by atoms with Crippen LogP contribution in [0.1, 0.15) is 18.1 Å². The molecule has 0 fully saturated rings. The number of aryl methyl sites for hydroxylation is 1. The molecule has 0 radical (unpaired) electrons. The second-order valence-electron chi connectivity index (χ2n) is 4.42. The van der Waals surface area contributed by atoms with E-state index >= 15 is 0 Å². The minimum atomic E-state index is 0.585. The Morgan fingerprint density at radius 1 is 1.16 bits per heavy atom. The van der Waals surface area contributed by atoms with E-state index < -0.39 is 0 Å². The third-order valence-electron chi connectivity index (χ3n) is 3.17. The third-order valence-corrected chi connectivity index (χ3v) is 3.17. The number of anilines is 3. The van der Waals surface area contributed by atoms with Gasteiger partial charge in [-0.2, -0.15) is 5.26 Å². The minimum Gasteiger partial charge on any atom is -0.397 e. The van der Waals surface area contributed by atoms with Crippen LogP contribution in [0.15, 0.2) is 42.5 Å². The van der Waals surface area contributed by atoms with Crippen molar-refractivity contribution in [2.45, 2.75) is 13.8 Å². The molecule has 0 amide bonds. The Morgan fingerprint density at radius 3 is 2.47 bits per heavy atom. The highest BCUT2D eigenvalue weighted by Crippen LogP contribution is 2.32. The maximum Gasteiger partial charge on any atom is 0.0992 e. The Kier molecular flexibility index (Phi) is 3.72. The van der Waals surface area contributed by atoms with Crippen molar-refractivity contribution < 1.29 is 0 Å². The molecule has 3 heteroatoms. The van der Waals surface area contributed by atoms with Gasteiger partial charge in [0.2, 0.25) is 0 Å². The summed E-state index contributed by atoms with van der Waals surface area (Å²) in [5, 5.41) is 8.89. The van der Waals surface area contributed by atoms with Gasteiger partial charge in [0, 0.05) is 12.2 Å². The van der Waals surface area contributed by atoms with Crippen LogP contribution in [0.25, 0.3) is 0 Å². The van der Waals surface area contributed by atoms with Crippen LogP contribution in [-0.2, 0) is 0 Å². The smallest absolute Gasteiger partial charge is 0.0992 e. The fourth-order valence-corrected chi connectivity index (χ4v) is 2.21. The second kappa shape index (κ2) is 5.45. The van der Waals surface area contributed by atoms with Crippen LogP contribution < -0.4 is 10.6 Å². The Morgan fingerprint density at radius 2 is 1.89 bits per heavy atom. The molecular formula is C16H17N3. The van der Waals surface area contributed by atoms with Crippen molar-refractivity contribution in [1.82, 2.24) is 0 Å². The van der Waals surface area contributed by atoms with Crippen molar-refractivity contribution in [1.29, 1.82) is 5.26 Å².